The van der Waals surface area contributed by atoms with Gasteiger partial charge in [0.05, 0.1) is 13.2 Å². The molecule has 0 spiro atoms. The number of unbranched alkanes of at least 4 members (excludes halogenated alkanes) is 1. The van der Waals surface area contributed by atoms with Crippen molar-refractivity contribution in [2.24, 2.45) is 0 Å². The third kappa shape index (κ3) is 11.0. The van der Waals surface area contributed by atoms with E-state index in [4.69, 9.17) is 40.0 Å². The first kappa shape index (κ1) is 43.6. The summed E-state index contributed by atoms with van der Waals surface area (Å²) in [6.45, 7) is 5.08. The first-order valence-electron chi connectivity index (χ1n) is 19.1. The number of ether oxygens (including phenoxy) is 6. The van der Waals surface area contributed by atoms with E-state index in [0.717, 1.165) is 35.1 Å². The summed E-state index contributed by atoms with van der Waals surface area (Å²) < 4.78 is 35.4. The highest BCUT2D eigenvalue weighted by Crippen LogP contribution is 2.32. The number of H-pyrrole nitrogens is 1. The molecule has 2 aliphatic heterocycles. The van der Waals surface area contributed by atoms with Crippen LogP contribution in [-0.4, -0.2) is 115 Å². The molecule has 0 aliphatic carbocycles. The summed E-state index contributed by atoms with van der Waals surface area (Å²) >= 11 is 6.55. The number of hydrogen-bond donors (Lipinski definition) is 1. The molecule has 0 amide bonds. The molecule has 2 fully saturated rings. The number of hydrogen-bond acceptors (Lipinski definition) is 18. The highest BCUT2D eigenvalue weighted by Gasteiger charge is 2.50. The smallest absolute Gasteiger partial charge is 0.426 e. The fourth-order valence-corrected chi connectivity index (χ4v) is 7.21. The molecule has 4 heterocycles. The molecular weight excluding hydrogens is 816 g/mol. The Balaban J connectivity index is 1.01. The Morgan fingerprint density at radius 2 is 1.67 bits per heavy atom. The topological polar surface area (TPSA) is 267 Å². The zero-order chi connectivity index (χ0) is 42.8. The van der Waals surface area contributed by atoms with Crippen molar-refractivity contribution in [3.63, 3.8) is 0 Å². The van der Waals surface area contributed by atoms with Gasteiger partial charge in [-0.3, -0.25) is 0 Å². The number of benzene rings is 2. The monoisotopic (exact) mass is 858 g/mol. The average molecular weight is 859 g/mol. The van der Waals surface area contributed by atoms with Gasteiger partial charge in [-0.1, -0.05) is 73.5 Å². The highest BCUT2D eigenvalue weighted by atomic mass is 35.5. The zero-order valence-corrected chi connectivity index (χ0v) is 33.5. The molecule has 2 aromatic carbocycles. The molecule has 2 aliphatic rings. The maximum absolute atomic E-state index is 13.6. The highest BCUT2D eigenvalue weighted by molar-refractivity contribution is 6.32. The van der Waals surface area contributed by atoms with E-state index in [1.54, 1.807) is 4.57 Å². The van der Waals surface area contributed by atoms with E-state index < -0.39 is 65.2 Å². The Labute approximate surface area is 346 Å². The summed E-state index contributed by atoms with van der Waals surface area (Å²) in [7, 11) is 0. The lowest BCUT2D eigenvalue weighted by molar-refractivity contribution is -0.798. The summed E-state index contributed by atoms with van der Waals surface area (Å²) in [5, 5.41) is 33.7. The number of nitrogens with one attached hydrogen (secondary N) is 1. The minimum absolute atomic E-state index is 0.00390. The maximum Gasteiger partial charge on any atom is 0.511 e. The molecule has 23 heteroatoms. The Morgan fingerprint density at radius 3 is 2.35 bits per heavy atom. The summed E-state index contributed by atoms with van der Waals surface area (Å²) in [5.41, 5.74) is 3.49. The summed E-state index contributed by atoms with van der Waals surface area (Å²) in [5.74, 6) is 0.197. The van der Waals surface area contributed by atoms with Crippen molar-refractivity contribution in [1.82, 2.24) is 30.2 Å². The van der Waals surface area contributed by atoms with Gasteiger partial charge in [-0.05, 0) is 48.1 Å². The van der Waals surface area contributed by atoms with Crippen LogP contribution in [-0.2, 0) is 51.1 Å². The quantitative estimate of drug-likeness (QED) is 0.0382. The number of halogens is 1. The molecule has 4 aromatic rings. The predicted molar refractivity (Wildman–Crippen MR) is 204 cm³/mol. The van der Waals surface area contributed by atoms with Crippen molar-refractivity contribution in [2.45, 2.75) is 102 Å². The minimum Gasteiger partial charge on any atom is -0.426 e. The molecule has 0 bridgehead atoms. The third-order valence-corrected chi connectivity index (χ3v) is 10.0. The van der Waals surface area contributed by atoms with E-state index in [-0.39, 0.29) is 50.1 Å². The van der Waals surface area contributed by atoms with Gasteiger partial charge in [-0.15, -0.1) is 30.4 Å². The van der Waals surface area contributed by atoms with Crippen molar-refractivity contribution in [2.75, 3.05) is 19.8 Å². The summed E-state index contributed by atoms with van der Waals surface area (Å²) in [6, 6.07) is 15.5. The number of esters is 1. The van der Waals surface area contributed by atoms with Crippen LogP contribution in [0.15, 0.2) is 48.5 Å². The lowest BCUT2D eigenvalue weighted by atomic mass is 9.98. The van der Waals surface area contributed by atoms with Gasteiger partial charge in [0.15, 0.2) is 17.0 Å². The van der Waals surface area contributed by atoms with Gasteiger partial charge in [-0.25, -0.2) is 14.6 Å². The standard InChI is InChI=1S/C37H43ClN8O14/c1-4-5-12-30-39-34(38)31(44(30)18-23-13-15-24(16-14-23)25-9-6-7-10-26(25)35-40-42-43-41-35)36(47)56-22(3)57-37(48)58-29-20-55-32-28(19-54-33(29)32)53-17-8-11-27(60-46(51)52)21(2)59-45(49)50/h6-7,9-10,13-16,21-22,27-29,32-33H,4-5,8,11-12,17-20H2,1-3H3,(H,40,41,42,43)/t21?,22?,27?,28-,29-,32?,33?/m1/s1. The van der Waals surface area contributed by atoms with Crippen molar-refractivity contribution in [3.8, 4) is 22.5 Å². The van der Waals surface area contributed by atoms with Crippen LogP contribution in [0.2, 0.25) is 5.15 Å². The van der Waals surface area contributed by atoms with Crippen LogP contribution < -0.4 is 0 Å². The number of aryl methyl sites for hydroxylation is 1. The van der Waals surface area contributed by atoms with Crippen LogP contribution in [0.4, 0.5) is 4.79 Å². The number of aromatic nitrogens is 6. The second-order valence-corrected chi connectivity index (χ2v) is 14.2. The number of rotatable bonds is 21. The fraction of sp³-hybridized carbons (Fsp3) is 0.514. The van der Waals surface area contributed by atoms with Crippen LogP contribution in [0.5, 0.6) is 0 Å². The van der Waals surface area contributed by atoms with Crippen molar-refractivity contribution >= 4 is 23.7 Å². The maximum atomic E-state index is 13.6. The van der Waals surface area contributed by atoms with Crippen LogP contribution in [0.1, 0.15) is 68.3 Å². The molecule has 22 nitrogen and oxygen atoms in total. The second-order valence-electron chi connectivity index (χ2n) is 13.9. The molecule has 60 heavy (non-hydrogen) atoms. The largest absolute Gasteiger partial charge is 0.511 e. The number of fused-ring (bicyclic) bond motifs is 1. The summed E-state index contributed by atoms with van der Waals surface area (Å²) in [4.78, 5) is 61.3. The van der Waals surface area contributed by atoms with Gasteiger partial charge < -0.3 is 42.7 Å². The van der Waals surface area contributed by atoms with E-state index >= 15 is 0 Å². The normalized spacial score (nSPS) is 19.8. The first-order chi connectivity index (χ1) is 28.9. The Kier molecular flexibility index (Phi) is 14.8. The van der Waals surface area contributed by atoms with Crippen molar-refractivity contribution < 1.29 is 57.9 Å². The molecule has 5 unspecified atom stereocenters. The van der Waals surface area contributed by atoms with E-state index in [0.29, 0.717) is 18.1 Å². The molecule has 2 saturated heterocycles. The van der Waals surface area contributed by atoms with Crippen LogP contribution in [0.25, 0.3) is 22.5 Å². The second kappa shape index (κ2) is 20.3. The Bertz CT molecular complexity index is 2090. The van der Waals surface area contributed by atoms with Crippen molar-refractivity contribution in [1.29, 1.82) is 0 Å². The van der Waals surface area contributed by atoms with Crippen molar-refractivity contribution in [3.05, 3.63) is 91.0 Å². The minimum atomic E-state index is -1.39. The van der Waals surface area contributed by atoms with Gasteiger partial charge in [0.25, 0.3) is 10.2 Å². The number of tetrazole rings is 1. The SMILES string of the molecule is CCCCc1nc(Cl)c(C(=O)OC(C)OC(=O)O[C@@H]2COC3C2OC[C@H]3OCCCC(O[N+](=O)[O-])C(C)O[N+](=O)[O-])n1Cc1ccc(-c2ccccc2-c2nn[nH]n2)cc1. The number of imidazole rings is 1. The van der Waals surface area contributed by atoms with Gasteiger partial charge in [-0.2, -0.15) is 5.21 Å². The average Bonchev–Trinajstić information content (AvgIpc) is 4.02. The number of carbonyl (C=O) groups excluding carboxylic acids is 2. The van der Waals surface area contributed by atoms with Crippen LogP contribution in [0.3, 0.4) is 0 Å². The van der Waals surface area contributed by atoms with E-state index in [2.05, 4.69) is 35.3 Å². The lowest BCUT2D eigenvalue weighted by Crippen LogP contribution is -2.36. The molecule has 2 aromatic heterocycles. The van der Waals surface area contributed by atoms with Crippen LogP contribution >= 0.6 is 11.6 Å². The van der Waals surface area contributed by atoms with E-state index in [1.165, 1.54) is 13.8 Å². The molecule has 0 radical (unpaired) electrons. The predicted octanol–water partition coefficient (Wildman–Crippen LogP) is 4.94. The zero-order valence-electron chi connectivity index (χ0n) is 32.7. The van der Waals surface area contributed by atoms with E-state index in [9.17, 15) is 29.8 Å². The van der Waals surface area contributed by atoms with E-state index in [1.807, 2.05) is 55.5 Å². The third-order valence-electron chi connectivity index (χ3n) is 9.78. The number of aromatic amines is 1. The van der Waals surface area contributed by atoms with Gasteiger partial charge in [0.2, 0.25) is 12.1 Å². The van der Waals surface area contributed by atoms with Gasteiger partial charge >= 0.3 is 12.1 Å². The fourth-order valence-electron chi connectivity index (χ4n) is 6.93. The first-order valence-corrected chi connectivity index (χ1v) is 19.5. The van der Waals surface area contributed by atoms with Crippen LogP contribution in [0, 0.1) is 20.2 Å². The molecular formula is C37H43ClN8O14. The molecule has 0 saturated carbocycles. The molecule has 6 rings (SSSR count). The molecule has 1 N–H and O–H groups in total. The number of carbonyl (C=O) groups is 2. The molecule has 7 atom stereocenters. The lowest BCUT2D eigenvalue weighted by Gasteiger charge is -2.21. The van der Waals surface area contributed by atoms with Gasteiger partial charge in [0.1, 0.15) is 36.3 Å². The molecule has 322 valence electrons. The summed E-state index contributed by atoms with van der Waals surface area (Å²) in [6.07, 6.45) is -5.12. The Morgan fingerprint density at radius 1 is 0.967 bits per heavy atom. The number of nitrogens with zero attached hydrogens (tertiary/aromatic N) is 7. The van der Waals surface area contributed by atoms with Gasteiger partial charge in [0, 0.05) is 32.1 Å². The Hall–Kier alpha value is -5.97.